The van der Waals surface area contributed by atoms with Crippen LogP contribution in [0.25, 0.3) is 6.08 Å². The van der Waals surface area contributed by atoms with E-state index in [9.17, 15) is 4.79 Å². The molecule has 1 fully saturated rings. The van der Waals surface area contributed by atoms with E-state index in [0.717, 1.165) is 32.5 Å². The van der Waals surface area contributed by atoms with Crippen molar-refractivity contribution in [2.75, 3.05) is 11.7 Å². The van der Waals surface area contributed by atoms with Crippen molar-refractivity contribution in [2.45, 2.75) is 13.8 Å². The van der Waals surface area contributed by atoms with Crippen LogP contribution in [0.2, 0.25) is 0 Å². The first-order valence-corrected chi connectivity index (χ1v) is 11.7. The van der Waals surface area contributed by atoms with Crippen LogP contribution in [0.3, 0.4) is 0 Å². The summed E-state index contributed by atoms with van der Waals surface area (Å²) < 4.78 is 11.8. The fourth-order valence-corrected chi connectivity index (χ4v) is 5.03. The van der Waals surface area contributed by atoms with Gasteiger partial charge in [-0.15, -0.1) is 0 Å². The zero-order chi connectivity index (χ0) is 22.2. The van der Waals surface area contributed by atoms with Crippen LogP contribution in [0.1, 0.15) is 16.7 Å². The van der Waals surface area contributed by atoms with E-state index >= 15 is 0 Å². The molecule has 1 amide bonds. The maximum atomic E-state index is 13.5. The molecular formula is C25H19BrN2O3S. The van der Waals surface area contributed by atoms with Crippen molar-refractivity contribution in [3.8, 4) is 11.5 Å². The fraction of sp³-hybridized carbons (Fsp3) is 0.120. The Bertz CT molecular complexity index is 1270. The van der Waals surface area contributed by atoms with Gasteiger partial charge >= 0.3 is 0 Å². The summed E-state index contributed by atoms with van der Waals surface area (Å²) in [4.78, 5) is 20.7. The van der Waals surface area contributed by atoms with Gasteiger partial charge in [-0.1, -0.05) is 52.3 Å². The molecule has 3 aromatic rings. The lowest BCUT2D eigenvalue weighted by Crippen LogP contribution is -2.28. The van der Waals surface area contributed by atoms with Crippen molar-refractivity contribution >= 4 is 56.2 Å². The topological polar surface area (TPSA) is 51.1 Å². The highest BCUT2D eigenvalue weighted by molar-refractivity contribution is 9.10. The quantitative estimate of drug-likeness (QED) is 0.375. The van der Waals surface area contributed by atoms with E-state index in [-0.39, 0.29) is 12.7 Å². The molecule has 5 nitrogen and oxygen atoms in total. The normalized spacial score (nSPS) is 17.6. The summed E-state index contributed by atoms with van der Waals surface area (Å²) in [6, 6.07) is 19.4. The minimum absolute atomic E-state index is 0.115. The van der Waals surface area contributed by atoms with Gasteiger partial charge in [0.1, 0.15) is 0 Å². The molecular weight excluding hydrogens is 488 g/mol. The van der Waals surface area contributed by atoms with E-state index < -0.39 is 0 Å². The van der Waals surface area contributed by atoms with Crippen LogP contribution in [-0.4, -0.2) is 17.9 Å². The number of hydrogen-bond acceptors (Lipinski definition) is 5. The highest BCUT2D eigenvalue weighted by atomic mass is 79.9. The Morgan fingerprint density at radius 2 is 1.69 bits per heavy atom. The molecule has 0 spiro atoms. The predicted octanol–water partition coefficient (Wildman–Crippen LogP) is 6.60. The van der Waals surface area contributed by atoms with Gasteiger partial charge in [-0.3, -0.25) is 9.69 Å². The van der Waals surface area contributed by atoms with E-state index in [1.165, 1.54) is 11.8 Å². The summed E-state index contributed by atoms with van der Waals surface area (Å²) in [5.74, 6) is 1.24. The first-order chi connectivity index (χ1) is 15.5. The molecule has 2 heterocycles. The number of carbonyl (C=O) groups is 1. The average Bonchev–Trinajstić information content (AvgIpc) is 3.35. The number of amidine groups is 1. The Kier molecular flexibility index (Phi) is 5.53. The Morgan fingerprint density at radius 1 is 1.00 bits per heavy atom. The molecule has 0 aromatic heterocycles. The molecule has 7 heteroatoms. The number of halogens is 1. The van der Waals surface area contributed by atoms with Gasteiger partial charge in [-0.2, -0.15) is 0 Å². The van der Waals surface area contributed by atoms with E-state index in [2.05, 4.69) is 15.9 Å². The van der Waals surface area contributed by atoms with Crippen molar-refractivity contribution < 1.29 is 14.3 Å². The number of thioether (sulfide) groups is 1. The number of amides is 1. The highest BCUT2D eigenvalue weighted by Crippen LogP contribution is 2.41. The molecule has 160 valence electrons. The number of hydrogen-bond donors (Lipinski definition) is 0. The Labute approximate surface area is 198 Å². The van der Waals surface area contributed by atoms with Gasteiger partial charge in [0.15, 0.2) is 16.7 Å². The molecule has 0 unspecified atom stereocenters. The van der Waals surface area contributed by atoms with Crippen LogP contribution < -0.4 is 14.4 Å². The molecule has 32 heavy (non-hydrogen) atoms. The first kappa shape index (κ1) is 20.8. The van der Waals surface area contributed by atoms with Crippen LogP contribution in [0.15, 0.2) is 75.0 Å². The average molecular weight is 507 g/mol. The summed E-state index contributed by atoms with van der Waals surface area (Å²) >= 11 is 4.95. The van der Waals surface area contributed by atoms with E-state index in [0.29, 0.717) is 21.6 Å². The highest BCUT2D eigenvalue weighted by Gasteiger charge is 2.35. The minimum Gasteiger partial charge on any atom is -0.454 e. The SMILES string of the molecule is Cc1cccc(C)c1N=C1S/C(=C\c2cc3c(cc2Br)OCO3)C(=O)N1c1ccccc1. The number of fused-ring (bicyclic) bond motifs is 1. The molecule has 2 aliphatic rings. The largest absolute Gasteiger partial charge is 0.454 e. The molecule has 0 N–H and O–H groups in total. The predicted molar refractivity (Wildman–Crippen MR) is 133 cm³/mol. The number of benzene rings is 3. The van der Waals surface area contributed by atoms with Gasteiger partial charge in [0, 0.05) is 4.47 Å². The number of aliphatic imine (C=N–C) groups is 1. The van der Waals surface area contributed by atoms with Crippen molar-refractivity contribution in [3.05, 3.63) is 86.7 Å². The standard InChI is InChI=1S/C25H19BrN2O3S/c1-15-7-6-8-16(2)23(15)27-25-28(18-9-4-3-5-10-18)24(29)22(32-25)12-17-11-20-21(13-19(17)26)31-14-30-20/h3-13H,14H2,1-2H3/b22-12-,27-25?. The van der Waals surface area contributed by atoms with Crippen LogP contribution in [0.4, 0.5) is 11.4 Å². The molecule has 0 saturated carbocycles. The lowest BCUT2D eigenvalue weighted by atomic mass is 10.1. The van der Waals surface area contributed by atoms with Gasteiger partial charge in [-0.05, 0) is 72.6 Å². The smallest absolute Gasteiger partial charge is 0.271 e. The molecule has 0 atom stereocenters. The minimum atomic E-state index is -0.115. The second kappa shape index (κ2) is 8.48. The lowest BCUT2D eigenvalue weighted by Gasteiger charge is -2.16. The van der Waals surface area contributed by atoms with Crippen molar-refractivity contribution in [2.24, 2.45) is 4.99 Å². The van der Waals surface area contributed by atoms with Gasteiger partial charge in [-0.25, -0.2) is 4.99 Å². The van der Waals surface area contributed by atoms with Crippen LogP contribution in [0, 0.1) is 13.8 Å². The van der Waals surface area contributed by atoms with E-state index in [1.54, 1.807) is 4.90 Å². The maximum Gasteiger partial charge on any atom is 0.271 e. The third-order valence-corrected chi connectivity index (χ3v) is 6.90. The number of anilines is 1. The fourth-order valence-electron chi connectivity index (χ4n) is 3.62. The Hall–Kier alpha value is -3.03. The Morgan fingerprint density at radius 3 is 2.41 bits per heavy atom. The van der Waals surface area contributed by atoms with Gasteiger partial charge < -0.3 is 9.47 Å². The Balaban J connectivity index is 1.61. The second-order valence-electron chi connectivity index (χ2n) is 7.45. The molecule has 1 saturated heterocycles. The second-order valence-corrected chi connectivity index (χ2v) is 9.31. The number of para-hydroxylation sites is 2. The third kappa shape index (κ3) is 3.82. The lowest BCUT2D eigenvalue weighted by molar-refractivity contribution is -0.113. The van der Waals surface area contributed by atoms with Crippen LogP contribution in [0.5, 0.6) is 11.5 Å². The maximum absolute atomic E-state index is 13.5. The summed E-state index contributed by atoms with van der Waals surface area (Å²) in [6.07, 6.45) is 1.86. The number of rotatable bonds is 3. The number of aryl methyl sites for hydroxylation is 2. The molecule has 0 radical (unpaired) electrons. The summed E-state index contributed by atoms with van der Waals surface area (Å²) in [7, 11) is 0. The molecule has 2 aliphatic heterocycles. The van der Waals surface area contributed by atoms with Crippen molar-refractivity contribution in [3.63, 3.8) is 0 Å². The summed E-state index contributed by atoms with van der Waals surface area (Å²) in [6.45, 7) is 4.26. The number of ether oxygens (including phenoxy) is 2. The summed E-state index contributed by atoms with van der Waals surface area (Å²) in [5.41, 5.74) is 4.63. The summed E-state index contributed by atoms with van der Waals surface area (Å²) in [5, 5.41) is 0.627. The van der Waals surface area contributed by atoms with Crippen molar-refractivity contribution in [1.29, 1.82) is 0 Å². The van der Waals surface area contributed by atoms with Gasteiger partial charge in [0.05, 0.1) is 16.3 Å². The first-order valence-electron chi connectivity index (χ1n) is 10.0. The number of nitrogens with zero attached hydrogens (tertiary/aromatic N) is 2. The molecule has 5 rings (SSSR count). The van der Waals surface area contributed by atoms with E-state index in [4.69, 9.17) is 14.5 Å². The van der Waals surface area contributed by atoms with Crippen molar-refractivity contribution in [1.82, 2.24) is 0 Å². The number of carbonyl (C=O) groups excluding carboxylic acids is 1. The van der Waals surface area contributed by atoms with E-state index in [1.807, 2.05) is 80.6 Å². The van der Waals surface area contributed by atoms with Gasteiger partial charge in [0.2, 0.25) is 6.79 Å². The molecule has 0 aliphatic carbocycles. The monoisotopic (exact) mass is 506 g/mol. The zero-order valence-corrected chi connectivity index (χ0v) is 19.9. The molecule has 3 aromatic carbocycles. The van der Waals surface area contributed by atoms with Crippen LogP contribution in [-0.2, 0) is 4.79 Å². The third-order valence-electron chi connectivity index (χ3n) is 5.25. The van der Waals surface area contributed by atoms with Gasteiger partial charge in [0.25, 0.3) is 5.91 Å². The zero-order valence-electron chi connectivity index (χ0n) is 17.5. The molecule has 0 bridgehead atoms. The van der Waals surface area contributed by atoms with Crippen LogP contribution >= 0.6 is 27.7 Å².